The Balaban J connectivity index is 0.886. The van der Waals surface area contributed by atoms with E-state index < -0.39 is 46.4 Å². The molecule has 2 atom stereocenters. The normalized spacial score (nSPS) is 15.4. The van der Waals surface area contributed by atoms with E-state index in [-0.39, 0.29) is 22.2 Å². The van der Waals surface area contributed by atoms with Gasteiger partial charge in [0.05, 0.1) is 6.20 Å². The van der Waals surface area contributed by atoms with Crippen molar-refractivity contribution in [1.82, 2.24) is 25.0 Å². The summed E-state index contributed by atoms with van der Waals surface area (Å²) in [6, 6.07) is 77.9. The maximum absolute atomic E-state index is 15.2. The molecule has 82 heavy (non-hydrogen) atoms. The van der Waals surface area contributed by atoms with Gasteiger partial charge < -0.3 is 20.6 Å². The molecular formula is C67H53N7O5S3. The van der Waals surface area contributed by atoms with E-state index in [4.69, 9.17) is 20.4 Å². The van der Waals surface area contributed by atoms with Crippen molar-refractivity contribution in [3.8, 4) is 0 Å². The second-order valence-corrected chi connectivity index (χ2v) is 22.6. The van der Waals surface area contributed by atoms with E-state index >= 15 is 4.79 Å². The molecule has 15 heteroatoms. The highest BCUT2D eigenvalue weighted by Crippen LogP contribution is 2.47. The van der Waals surface area contributed by atoms with E-state index in [1.807, 2.05) is 217 Å². The molecule has 8 aromatic carbocycles. The predicted octanol–water partition coefficient (Wildman–Crippen LogP) is 12.4. The monoisotopic (exact) mass is 1130 g/mol. The van der Waals surface area contributed by atoms with Crippen LogP contribution < -0.4 is 11.1 Å². The first-order valence-corrected chi connectivity index (χ1v) is 29.5. The number of anilines is 1. The molecule has 1 saturated heterocycles. The first kappa shape index (κ1) is 53.4. The van der Waals surface area contributed by atoms with Crippen LogP contribution in [0, 0.1) is 0 Å². The van der Waals surface area contributed by atoms with E-state index in [9.17, 15) is 9.59 Å². The molecule has 0 unspecified atom stereocenters. The quantitative estimate of drug-likeness (QED) is 0.0263. The smallest absolute Gasteiger partial charge is 0.356 e. The minimum Gasteiger partial charge on any atom is -0.448 e. The van der Waals surface area contributed by atoms with Gasteiger partial charge in [-0.25, -0.2) is 9.78 Å². The summed E-state index contributed by atoms with van der Waals surface area (Å²) >= 11 is 4.04. The Morgan fingerprint density at radius 3 is 1.56 bits per heavy atom. The number of nitrogens with zero attached hydrogens (tertiary/aromatic N) is 5. The zero-order valence-electron chi connectivity index (χ0n) is 44.1. The van der Waals surface area contributed by atoms with Crippen molar-refractivity contribution in [1.29, 1.82) is 0 Å². The minimum absolute atomic E-state index is 0.114. The number of fused-ring (bicyclic) bond motifs is 1. The fourth-order valence-electron chi connectivity index (χ4n) is 10.8. The van der Waals surface area contributed by atoms with Crippen molar-refractivity contribution in [2.75, 3.05) is 11.5 Å². The van der Waals surface area contributed by atoms with Crippen LogP contribution in [0.4, 0.5) is 5.13 Å². The average Bonchev–Trinajstić information content (AvgIpc) is 3.81. The number of esters is 1. The van der Waals surface area contributed by atoms with Gasteiger partial charge in [-0.3, -0.25) is 19.2 Å². The Hall–Kier alpha value is -9.28. The van der Waals surface area contributed by atoms with Gasteiger partial charge in [0, 0.05) is 50.2 Å². The summed E-state index contributed by atoms with van der Waals surface area (Å²) in [5.41, 5.74) is 11.9. The molecule has 0 bridgehead atoms. The van der Waals surface area contributed by atoms with E-state index in [0.29, 0.717) is 16.4 Å². The van der Waals surface area contributed by atoms with Crippen LogP contribution in [0.3, 0.4) is 0 Å². The number of hydrogen-bond donors (Lipinski definition) is 2. The van der Waals surface area contributed by atoms with Crippen LogP contribution in [-0.2, 0) is 40.9 Å². The van der Waals surface area contributed by atoms with Crippen molar-refractivity contribution in [2.45, 2.75) is 34.4 Å². The number of carbonyl (C=O) groups is 3. The third-order valence-electron chi connectivity index (χ3n) is 14.6. The first-order valence-electron chi connectivity index (χ1n) is 26.6. The van der Waals surface area contributed by atoms with Crippen LogP contribution in [0.5, 0.6) is 0 Å². The number of thioether (sulfide) groups is 2. The van der Waals surface area contributed by atoms with Crippen molar-refractivity contribution < 1.29 is 24.0 Å². The van der Waals surface area contributed by atoms with E-state index in [2.05, 4.69) is 58.1 Å². The fraction of sp³-hybridized carbons (Fsp3) is 0.104. The molecule has 2 aliphatic heterocycles. The number of aromatic nitrogens is 3. The number of rotatable bonds is 19. The van der Waals surface area contributed by atoms with Crippen LogP contribution in [-0.4, -0.2) is 60.3 Å². The molecule has 0 saturated carbocycles. The topological polar surface area (TPSA) is 154 Å². The summed E-state index contributed by atoms with van der Waals surface area (Å²) in [5, 5.41) is 13.9. The number of ether oxygens (including phenoxy) is 1. The van der Waals surface area contributed by atoms with E-state index in [1.54, 1.807) is 5.38 Å². The molecule has 0 radical (unpaired) electrons. The fourth-order valence-corrected chi connectivity index (χ4v) is 13.9. The average molecular weight is 1130 g/mol. The SMILES string of the molecule is Nc1nc(/C(=N/OC(c2ccccc2)(c2ccccc2)c2ccccc2)C(=O)N[C@@H]2C(=O)N3C(C(=O)OC(c4ccccc4)c4ccccc4)=C(SCc4cnn(C(c5ccccc5)(c5ccccc5)c5ccccc5)c4)CS[C@H]23)cs1. The number of β-lactam (4-membered cyclic amide) rings is 1. The highest BCUT2D eigenvalue weighted by Gasteiger charge is 2.55. The summed E-state index contributed by atoms with van der Waals surface area (Å²) in [6.45, 7) is 0. The van der Waals surface area contributed by atoms with Gasteiger partial charge >= 0.3 is 5.97 Å². The predicted molar refractivity (Wildman–Crippen MR) is 324 cm³/mol. The lowest BCUT2D eigenvalue weighted by atomic mass is 9.77. The lowest BCUT2D eigenvalue weighted by molar-refractivity contribution is -0.154. The van der Waals surface area contributed by atoms with Gasteiger partial charge in [0.15, 0.2) is 16.9 Å². The van der Waals surface area contributed by atoms with Crippen LogP contribution in [0.15, 0.2) is 276 Å². The van der Waals surface area contributed by atoms with Gasteiger partial charge in [-0.2, -0.15) is 5.10 Å². The number of oxime groups is 1. The standard InChI is InChI=1S/C67H53N7O5S3/c68-65-70-55(44-82-65)57(72-79-67(52-35-19-6-20-36-52,53-37-21-7-22-38-53)54-39-23-8-24-40-54)61(75)71-58-62(76)74-59(64(77)78-60(47-25-9-1-10-26-47)48-27-11-2-12-28-48)56(45-81-63(58)74)80-43-46-41-69-73(42-46)66(49-29-13-3-14-30-49,50-31-15-4-16-32-50)51-33-17-5-18-34-51/h1-42,44,58,60,63H,43,45H2,(H2,68,70)(H,71,75)/b72-57-/t58-,63-/m1/s1. The number of hydrogen-bond acceptors (Lipinski definition) is 12. The van der Waals surface area contributed by atoms with Crippen LogP contribution in [0.2, 0.25) is 0 Å². The largest absolute Gasteiger partial charge is 0.448 e. The molecule has 2 aliphatic rings. The number of nitrogens with two attached hydrogens (primary N) is 1. The molecule has 12 nitrogen and oxygen atoms in total. The Kier molecular flexibility index (Phi) is 15.5. The number of carbonyl (C=O) groups excluding carboxylic acids is 3. The van der Waals surface area contributed by atoms with E-state index in [1.165, 1.54) is 28.4 Å². The number of nitrogen functional groups attached to an aromatic ring is 1. The van der Waals surface area contributed by atoms with Gasteiger partial charge in [0.2, 0.25) is 5.60 Å². The molecule has 1 fully saturated rings. The number of thiazole rings is 1. The van der Waals surface area contributed by atoms with Crippen molar-refractivity contribution >= 4 is 63.5 Å². The molecule has 2 aromatic heterocycles. The third kappa shape index (κ3) is 10.3. The zero-order chi connectivity index (χ0) is 55.9. The van der Waals surface area contributed by atoms with Crippen molar-refractivity contribution in [3.05, 3.63) is 327 Å². The zero-order valence-corrected chi connectivity index (χ0v) is 46.5. The van der Waals surface area contributed by atoms with Gasteiger partial charge in [0.1, 0.15) is 28.3 Å². The second kappa shape index (κ2) is 23.8. The third-order valence-corrected chi connectivity index (χ3v) is 17.9. The first-order chi connectivity index (χ1) is 40.3. The van der Waals surface area contributed by atoms with Gasteiger partial charge in [-0.1, -0.05) is 248 Å². The van der Waals surface area contributed by atoms with Crippen LogP contribution in [0.25, 0.3) is 0 Å². The van der Waals surface area contributed by atoms with Crippen molar-refractivity contribution in [3.63, 3.8) is 0 Å². The van der Waals surface area contributed by atoms with Gasteiger partial charge in [0.25, 0.3) is 11.8 Å². The maximum atomic E-state index is 15.2. The van der Waals surface area contributed by atoms with Crippen molar-refractivity contribution in [2.24, 2.45) is 5.16 Å². The molecule has 3 N–H and O–H groups in total. The molecule has 12 rings (SSSR count). The molecule has 4 heterocycles. The van der Waals surface area contributed by atoms with Gasteiger partial charge in [-0.05, 0) is 27.8 Å². The summed E-state index contributed by atoms with van der Waals surface area (Å²) in [5.74, 6) is -1.16. The summed E-state index contributed by atoms with van der Waals surface area (Å²) in [7, 11) is 0. The Labute approximate surface area is 487 Å². The molecule has 0 spiro atoms. The molecular weight excluding hydrogens is 1080 g/mol. The van der Waals surface area contributed by atoms with Gasteiger partial charge in [-0.15, -0.1) is 34.9 Å². The maximum Gasteiger partial charge on any atom is 0.356 e. The lowest BCUT2D eigenvalue weighted by Crippen LogP contribution is -2.71. The Bertz CT molecular complexity index is 3660. The van der Waals surface area contributed by atoms with Crippen LogP contribution >= 0.6 is 34.9 Å². The summed E-state index contributed by atoms with van der Waals surface area (Å²) in [6.07, 6.45) is 3.12. The summed E-state index contributed by atoms with van der Waals surface area (Å²) < 4.78 is 8.57. The minimum atomic E-state index is -1.34. The molecule has 404 valence electrons. The lowest BCUT2D eigenvalue weighted by Gasteiger charge is -2.49. The Morgan fingerprint density at radius 1 is 0.659 bits per heavy atom. The Morgan fingerprint density at radius 2 is 1.11 bits per heavy atom. The molecule has 0 aliphatic carbocycles. The van der Waals surface area contributed by atoms with Crippen LogP contribution in [0.1, 0.15) is 61.9 Å². The van der Waals surface area contributed by atoms with E-state index in [0.717, 1.165) is 61.4 Å². The highest BCUT2D eigenvalue weighted by molar-refractivity contribution is 8.05. The number of nitrogens with one attached hydrogen (secondary N) is 1. The molecule has 2 amide bonds. The number of benzene rings is 8. The summed E-state index contributed by atoms with van der Waals surface area (Å²) in [4.78, 5) is 58.5. The molecule has 10 aromatic rings. The number of amides is 2. The highest BCUT2D eigenvalue weighted by atomic mass is 32.2. The second-order valence-electron chi connectivity index (χ2n) is 19.5.